The molecule has 0 spiro atoms. The van der Waals surface area contributed by atoms with E-state index in [1.807, 2.05) is 12.1 Å². The molecule has 3 aliphatic rings. The minimum absolute atomic E-state index is 0.0827. The number of rotatable bonds is 5. The van der Waals surface area contributed by atoms with Crippen molar-refractivity contribution in [3.05, 3.63) is 35.9 Å². The lowest BCUT2D eigenvalue weighted by molar-refractivity contribution is -0.100. The maximum Gasteiger partial charge on any atom is 0.380 e. The summed E-state index contributed by atoms with van der Waals surface area (Å²) >= 11 is 0. The van der Waals surface area contributed by atoms with E-state index in [0.717, 1.165) is 44.1 Å². The average Bonchev–Trinajstić information content (AvgIpc) is 2.91. The standard InChI is InChI=1S/C22H31NO5S/c1-4-9-22(24)11-8-18-16-6-5-14-12-20(28-29(23,25)26)19(27-3)13-17(14)15(16)7-10-21(18,22)2/h4,12-13,15-16,18,24H,1,5-11H2,2-3H3,(H2,23,25,26)/t15?,16?,18?,21-,22-/m0/s1. The van der Waals surface area contributed by atoms with Crippen LogP contribution in [0.1, 0.15) is 62.5 Å². The Kier molecular flexibility index (Phi) is 4.99. The lowest BCUT2D eigenvalue weighted by atomic mass is 9.53. The maximum absolute atomic E-state index is 11.4. The molecule has 0 aromatic heterocycles. The molecule has 160 valence electrons. The predicted octanol–water partition coefficient (Wildman–Crippen LogP) is 3.44. The fraction of sp³-hybridized carbons (Fsp3) is 0.636. The Balaban J connectivity index is 1.69. The maximum atomic E-state index is 11.4. The van der Waals surface area contributed by atoms with Gasteiger partial charge in [0.25, 0.3) is 0 Å². The third-order valence-electron chi connectivity index (χ3n) is 8.02. The van der Waals surface area contributed by atoms with Gasteiger partial charge in [-0.05, 0) is 91.4 Å². The van der Waals surface area contributed by atoms with Crippen LogP contribution in [0.5, 0.6) is 11.5 Å². The summed E-state index contributed by atoms with van der Waals surface area (Å²) in [7, 11) is -2.61. The minimum atomic E-state index is -4.11. The summed E-state index contributed by atoms with van der Waals surface area (Å²) < 4.78 is 33.2. The zero-order chi connectivity index (χ0) is 21.0. The molecular formula is C22H31NO5S. The second-order valence-corrected chi connectivity index (χ2v) is 10.4. The zero-order valence-electron chi connectivity index (χ0n) is 17.2. The fourth-order valence-electron chi connectivity index (χ4n) is 6.61. The van der Waals surface area contributed by atoms with Crippen LogP contribution in [0.2, 0.25) is 0 Å². The van der Waals surface area contributed by atoms with Crippen molar-refractivity contribution in [2.75, 3.05) is 7.11 Å². The fourth-order valence-corrected chi connectivity index (χ4v) is 6.99. The highest BCUT2D eigenvalue weighted by molar-refractivity contribution is 7.84. The Hall–Kier alpha value is -1.57. The highest BCUT2D eigenvalue weighted by Gasteiger charge is 2.60. The number of hydrogen-bond acceptors (Lipinski definition) is 5. The summed E-state index contributed by atoms with van der Waals surface area (Å²) in [4.78, 5) is 0. The van der Waals surface area contributed by atoms with Crippen molar-refractivity contribution in [3.63, 3.8) is 0 Å². The van der Waals surface area contributed by atoms with Gasteiger partial charge in [-0.25, -0.2) is 0 Å². The van der Waals surface area contributed by atoms with Gasteiger partial charge in [0, 0.05) is 0 Å². The van der Waals surface area contributed by atoms with Gasteiger partial charge >= 0.3 is 10.3 Å². The zero-order valence-corrected chi connectivity index (χ0v) is 18.0. The molecule has 3 N–H and O–H groups in total. The van der Waals surface area contributed by atoms with E-state index in [-0.39, 0.29) is 11.2 Å². The molecule has 1 aromatic carbocycles. The van der Waals surface area contributed by atoms with Gasteiger partial charge < -0.3 is 14.0 Å². The van der Waals surface area contributed by atoms with Gasteiger partial charge in [-0.3, -0.25) is 0 Å². The van der Waals surface area contributed by atoms with Crippen molar-refractivity contribution in [1.82, 2.24) is 0 Å². The summed E-state index contributed by atoms with van der Waals surface area (Å²) in [5, 5.41) is 16.4. The number of methoxy groups -OCH3 is 1. The molecule has 6 nitrogen and oxygen atoms in total. The number of fused-ring (bicyclic) bond motifs is 5. The third kappa shape index (κ3) is 3.27. The van der Waals surface area contributed by atoms with E-state index in [2.05, 4.69) is 13.5 Å². The Labute approximate surface area is 173 Å². The van der Waals surface area contributed by atoms with Gasteiger partial charge in [0.2, 0.25) is 0 Å². The number of aliphatic hydroxyl groups is 1. The summed E-state index contributed by atoms with van der Waals surface area (Å²) in [5.74, 6) is 1.91. The molecule has 2 fully saturated rings. The van der Waals surface area contributed by atoms with E-state index in [0.29, 0.717) is 29.9 Å². The molecule has 2 saturated carbocycles. The Morgan fingerprint density at radius 1 is 1.28 bits per heavy atom. The molecule has 3 unspecified atom stereocenters. The minimum Gasteiger partial charge on any atom is -0.493 e. The third-order valence-corrected chi connectivity index (χ3v) is 8.43. The summed E-state index contributed by atoms with van der Waals surface area (Å²) in [6.07, 6.45) is 8.24. The second-order valence-electron chi connectivity index (χ2n) is 9.21. The van der Waals surface area contributed by atoms with Crippen LogP contribution in [0.25, 0.3) is 0 Å². The van der Waals surface area contributed by atoms with Crippen LogP contribution in [0, 0.1) is 17.3 Å². The normalized spacial score (nSPS) is 35.9. The van der Waals surface area contributed by atoms with Gasteiger partial charge in [-0.2, -0.15) is 13.6 Å². The van der Waals surface area contributed by atoms with Crippen molar-refractivity contribution >= 4 is 10.3 Å². The molecule has 5 atom stereocenters. The van der Waals surface area contributed by atoms with Crippen LogP contribution < -0.4 is 14.1 Å². The number of aryl methyl sites for hydroxylation is 1. The molecule has 0 bridgehead atoms. The summed E-state index contributed by atoms with van der Waals surface area (Å²) in [6, 6.07) is 3.70. The Bertz CT molecular complexity index is 929. The van der Waals surface area contributed by atoms with E-state index >= 15 is 0 Å². The summed E-state index contributed by atoms with van der Waals surface area (Å²) in [5.41, 5.74) is 1.59. The average molecular weight is 422 g/mol. The van der Waals surface area contributed by atoms with Crippen LogP contribution >= 0.6 is 0 Å². The van der Waals surface area contributed by atoms with E-state index < -0.39 is 15.9 Å². The van der Waals surface area contributed by atoms with E-state index in [1.165, 1.54) is 12.7 Å². The van der Waals surface area contributed by atoms with Gasteiger partial charge in [-0.15, -0.1) is 6.58 Å². The van der Waals surface area contributed by atoms with Gasteiger partial charge in [0.1, 0.15) is 0 Å². The first-order valence-corrected chi connectivity index (χ1v) is 11.9. The molecule has 1 aromatic rings. The van der Waals surface area contributed by atoms with Gasteiger partial charge in [0.05, 0.1) is 12.7 Å². The largest absolute Gasteiger partial charge is 0.493 e. The van der Waals surface area contributed by atoms with Crippen molar-refractivity contribution in [2.45, 2.75) is 63.4 Å². The molecule has 0 heterocycles. The lowest BCUT2D eigenvalue weighted by Crippen LogP contribution is -2.50. The molecule has 0 saturated heterocycles. The Morgan fingerprint density at radius 2 is 2.03 bits per heavy atom. The monoisotopic (exact) mass is 421 g/mol. The van der Waals surface area contributed by atoms with Crippen LogP contribution in [0.3, 0.4) is 0 Å². The first-order chi connectivity index (χ1) is 13.6. The number of hydrogen-bond donors (Lipinski definition) is 2. The van der Waals surface area contributed by atoms with Crippen LogP contribution in [0.4, 0.5) is 0 Å². The molecule has 0 radical (unpaired) electrons. The molecule has 4 rings (SSSR count). The van der Waals surface area contributed by atoms with E-state index in [4.69, 9.17) is 14.1 Å². The topological polar surface area (TPSA) is 98.9 Å². The number of benzene rings is 1. The highest BCUT2D eigenvalue weighted by atomic mass is 32.2. The van der Waals surface area contributed by atoms with Crippen molar-refractivity contribution < 1.29 is 22.4 Å². The van der Waals surface area contributed by atoms with Crippen LogP contribution in [-0.2, 0) is 16.7 Å². The van der Waals surface area contributed by atoms with Crippen molar-refractivity contribution in [2.24, 2.45) is 22.4 Å². The van der Waals surface area contributed by atoms with Crippen LogP contribution in [-0.4, -0.2) is 26.2 Å². The Morgan fingerprint density at radius 3 is 2.69 bits per heavy atom. The lowest BCUT2D eigenvalue weighted by Gasteiger charge is -2.53. The smallest absolute Gasteiger partial charge is 0.380 e. The molecule has 0 amide bonds. The molecule has 7 heteroatoms. The van der Waals surface area contributed by atoms with Crippen molar-refractivity contribution in [1.29, 1.82) is 0 Å². The van der Waals surface area contributed by atoms with E-state index in [1.54, 1.807) is 6.07 Å². The first kappa shape index (κ1) is 20.7. The SMILES string of the molecule is C=CC[C@]1(O)CCC2C3CCc4cc(OS(N)(=O)=O)c(OC)cc4C3CC[C@@]21C. The van der Waals surface area contributed by atoms with Crippen LogP contribution in [0.15, 0.2) is 24.8 Å². The summed E-state index contributed by atoms with van der Waals surface area (Å²) in [6.45, 7) is 6.13. The molecule has 0 aliphatic heterocycles. The van der Waals surface area contributed by atoms with Gasteiger partial charge in [0.15, 0.2) is 11.5 Å². The molecule has 3 aliphatic carbocycles. The quantitative estimate of drug-likeness (QED) is 0.710. The highest BCUT2D eigenvalue weighted by Crippen LogP contribution is 2.65. The molecular weight excluding hydrogens is 390 g/mol. The molecule has 29 heavy (non-hydrogen) atoms. The van der Waals surface area contributed by atoms with Crippen molar-refractivity contribution in [3.8, 4) is 11.5 Å². The van der Waals surface area contributed by atoms with Gasteiger partial charge in [-0.1, -0.05) is 13.0 Å². The second kappa shape index (κ2) is 7.00. The number of ether oxygens (including phenoxy) is 1. The predicted molar refractivity (Wildman–Crippen MR) is 111 cm³/mol. The van der Waals surface area contributed by atoms with E-state index in [9.17, 15) is 13.5 Å². The number of nitrogens with two attached hydrogens (primary N) is 1. The first-order valence-electron chi connectivity index (χ1n) is 10.4.